The van der Waals surface area contributed by atoms with Gasteiger partial charge in [0, 0.05) is 5.56 Å². The summed E-state index contributed by atoms with van der Waals surface area (Å²) in [7, 11) is 1.29. The Morgan fingerprint density at radius 2 is 2.27 bits per heavy atom. The van der Waals surface area contributed by atoms with Crippen molar-refractivity contribution in [2.75, 3.05) is 7.11 Å². The number of hydrogen-bond donors (Lipinski definition) is 1. The van der Waals surface area contributed by atoms with E-state index in [4.69, 9.17) is 15.7 Å². The molecular weight excluding hydrogens is 199 g/mol. The molecule has 2 N–H and O–H groups in total. The van der Waals surface area contributed by atoms with Gasteiger partial charge in [-0.05, 0) is 18.6 Å². The Bertz CT molecular complexity index is 463. The van der Waals surface area contributed by atoms with Crippen LogP contribution in [0.2, 0.25) is 0 Å². The number of hydrogen-bond acceptors (Lipinski definition) is 3. The maximum Gasteiger partial charge on any atom is 0.249 e. The standard InChI is InChI=1S/C10H9FN2O2/c1-5-6(10(13)14)3-8(15-2)7(4-12)9(5)11/h3H,1-2H3,(H2,13,14). The number of primary amides is 1. The second kappa shape index (κ2) is 3.96. The second-order valence-corrected chi connectivity index (χ2v) is 2.92. The van der Waals surface area contributed by atoms with Crippen LogP contribution in [0.25, 0.3) is 0 Å². The van der Waals surface area contributed by atoms with Crippen molar-refractivity contribution in [1.29, 1.82) is 5.26 Å². The molecule has 1 aromatic carbocycles. The molecule has 0 aliphatic carbocycles. The lowest BCUT2D eigenvalue weighted by atomic mass is 10.0. The van der Waals surface area contributed by atoms with Crippen LogP contribution in [0.4, 0.5) is 4.39 Å². The van der Waals surface area contributed by atoms with Gasteiger partial charge in [-0.1, -0.05) is 0 Å². The Kier molecular flexibility index (Phi) is 2.90. The molecule has 0 fully saturated rings. The number of carbonyl (C=O) groups is 1. The summed E-state index contributed by atoms with van der Waals surface area (Å²) in [6.45, 7) is 1.38. The van der Waals surface area contributed by atoms with Crippen molar-refractivity contribution in [2.45, 2.75) is 6.92 Å². The fourth-order valence-corrected chi connectivity index (χ4v) is 1.25. The maximum atomic E-state index is 13.6. The summed E-state index contributed by atoms with van der Waals surface area (Å²) in [5.74, 6) is -1.52. The van der Waals surface area contributed by atoms with E-state index in [1.54, 1.807) is 6.07 Å². The van der Waals surface area contributed by atoms with Gasteiger partial charge in [-0.15, -0.1) is 0 Å². The summed E-state index contributed by atoms with van der Waals surface area (Å²) >= 11 is 0. The Hall–Kier alpha value is -2.09. The molecule has 0 aliphatic rings. The highest BCUT2D eigenvalue weighted by Gasteiger charge is 2.18. The fourth-order valence-electron chi connectivity index (χ4n) is 1.25. The first kappa shape index (κ1) is 11.0. The van der Waals surface area contributed by atoms with Crippen molar-refractivity contribution in [2.24, 2.45) is 5.73 Å². The van der Waals surface area contributed by atoms with Gasteiger partial charge in [0.25, 0.3) is 0 Å². The predicted octanol–water partition coefficient (Wildman–Crippen LogP) is 1.11. The molecule has 0 bridgehead atoms. The second-order valence-electron chi connectivity index (χ2n) is 2.92. The molecular formula is C10H9FN2O2. The third-order valence-electron chi connectivity index (χ3n) is 2.07. The summed E-state index contributed by atoms with van der Waals surface area (Å²) in [5.41, 5.74) is 4.90. The number of nitrogens with two attached hydrogens (primary N) is 1. The quantitative estimate of drug-likeness (QED) is 0.790. The minimum Gasteiger partial charge on any atom is -0.495 e. The molecule has 1 amide bonds. The number of benzene rings is 1. The minimum atomic E-state index is -0.773. The molecule has 0 aromatic heterocycles. The number of nitriles is 1. The molecule has 1 aromatic rings. The lowest BCUT2D eigenvalue weighted by Gasteiger charge is -2.09. The smallest absolute Gasteiger partial charge is 0.249 e. The number of rotatable bonds is 2. The zero-order chi connectivity index (χ0) is 11.6. The average Bonchev–Trinajstić information content (AvgIpc) is 2.21. The van der Waals surface area contributed by atoms with Crippen LogP contribution in [0, 0.1) is 24.1 Å². The van der Waals surface area contributed by atoms with Crippen LogP contribution >= 0.6 is 0 Å². The summed E-state index contributed by atoms with van der Waals surface area (Å²) in [6.07, 6.45) is 0. The van der Waals surface area contributed by atoms with Crippen molar-refractivity contribution in [3.8, 4) is 11.8 Å². The van der Waals surface area contributed by atoms with Crippen LogP contribution in [0.1, 0.15) is 21.5 Å². The van der Waals surface area contributed by atoms with E-state index in [1.165, 1.54) is 20.1 Å². The van der Waals surface area contributed by atoms with Crippen molar-refractivity contribution in [3.63, 3.8) is 0 Å². The number of halogens is 1. The van der Waals surface area contributed by atoms with E-state index < -0.39 is 11.7 Å². The maximum absolute atomic E-state index is 13.6. The third kappa shape index (κ3) is 1.74. The summed E-state index contributed by atoms with van der Waals surface area (Å²) in [5, 5.41) is 8.70. The zero-order valence-corrected chi connectivity index (χ0v) is 8.30. The lowest BCUT2D eigenvalue weighted by molar-refractivity contribution is 0.0999. The van der Waals surface area contributed by atoms with Crippen molar-refractivity contribution in [1.82, 2.24) is 0 Å². The Labute approximate surface area is 86.1 Å². The van der Waals surface area contributed by atoms with E-state index in [1.807, 2.05) is 0 Å². The van der Waals surface area contributed by atoms with E-state index in [0.29, 0.717) is 0 Å². The van der Waals surface area contributed by atoms with Crippen LogP contribution in [-0.4, -0.2) is 13.0 Å². The van der Waals surface area contributed by atoms with Gasteiger partial charge in [0.05, 0.1) is 7.11 Å². The molecule has 0 heterocycles. The first-order valence-electron chi connectivity index (χ1n) is 4.10. The number of amides is 1. The first-order valence-corrected chi connectivity index (χ1v) is 4.10. The molecule has 0 saturated heterocycles. The fraction of sp³-hybridized carbons (Fsp3) is 0.200. The summed E-state index contributed by atoms with van der Waals surface area (Å²) in [4.78, 5) is 11.0. The van der Waals surface area contributed by atoms with Gasteiger partial charge in [-0.2, -0.15) is 5.26 Å². The molecule has 15 heavy (non-hydrogen) atoms. The molecule has 0 spiro atoms. The van der Waals surface area contributed by atoms with Gasteiger partial charge >= 0.3 is 0 Å². The molecule has 0 radical (unpaired) electrons. The minimum absolute atomic E-state index is 0.00870. The Morgan fingerprint density at radius 1 is 1.67 bits per heavy atom. The van der Waals surface area contributed by atoms with Gasteiger partial charge in [0.2, 0.25) is 5.91 Å². The van der Waals surface area contributed by atoms with E-state index >= 15 is 0 Å². The Balaban J connectivity index is 3.58. The van der Waals surface area contributed by atoms with Gasteiger partial charge in [0.1, 0.15) is 23.2 Å². The molecule has 0 saturated carbocycles. The van der Waals surface area contributed by atoms with E-state index in [9.17, 15) is 9.18 Å². The molecule has 78 valence electrons. The molecule has 0 atom stereocenters. The molecule has 0 aliphatic heterocycles. The number of carbonyl (C=O) groups excluding carboxylic acids is 1. The first-order chi connectivity index (χ1) is 7.02. The average molecular weight is 208 g/mol. The van der Waals surface area contributed by atoms with Gasteiger partial charge in [-0.3, -0.25) is 4.79 Å². The molecule has 0 unspecified atom stereocenters. The third-order valence-corrected chi connectivity index (χ3v) is 2.07. The highest BCUT2D eigenvalue weighted by Crippen LogP contribution is 2.26. The van der Waals surface area contributed by atoms with Crippen LogP contribution in [0.15, 0.2) is 6.07 Å². The monoisotopic (exact) mass is 208 g/mol. The van der Waals surface area contributed by atoms with Gasteiger partial charge < -0.3 is 10.5 Å². The molecule has 1 rings (SSSR count). The van der Waals surface area contributed by atoms with E-state index in [2.05, 4.69) is 0 Å². The predicted molar refractivity (Wildman–Crippen MR) is 50.9 cm³/mol. The van der Waals surface area contributed by atoms with Crippen LogP contribution < -0.4 is 10.5 Å². The topological polar surface area (TPSA) is 76.1 Å². The lowest BCUT2D eigenvalue weighted by Crippen LogP contribution is -2.14. The van der Waals surface area contributed by atoms with Crippen LogP contribution in [-0.2, 0) is 0 Å². The van der Waals surface area contributed by atoms with E-state index in [0.717, 1.165) is 0 Å². The molecule has 4 nitrogen and oxygen atoms in total. The van der Waals surface area contributed by atoms with E-state index in [-0.39, 0.29) is 22.4 Å². The van der Waals surface area contributed by atoms with Crippen LogP contribution in [0.5, 0.6) is 5.75 Å². The summed E-state index contributed by atoms with van der Waals surface area (Å²) in [6, 6.07) is 2.93. The van der Waals surface area contributed by atoms with Gasteiger partial charge in [-0.25, -0.2) is 4.39 Å². The van der Waals surface area contributed by atoms with Crippen LogP contribution in [0.3, 0.4) is 0 Å². The number of nitrogens with zero attached hydrogens (tertiary/aromatic N) is 1. The number of ether oxygens (including phenoxy) is 1. The zero-order valence-electron chi connectivity index (χ0n) is 8.30. The Morgan fingerprint density at radius 3 is 2.67 bits per heavy atom. The molecule has 5 heteroatoms. The normalized spacial score (nSPS) is 9.47. The highest BCUT2D eigenvalue weighted by atomic mass is 19.1. The highest BCUT2D eigenvalue weighted by molar-refractivity contribution is 5.95. The number of methoxy groups -OCH3 is 1. The SMILES string of the molecule is COc1cc(C(N)=O)c(C)c(F)c1C#N. The van der Waals surface area contributed by atoms with Crippen molar-refractivity contribution >= 4 is 5.91 Å². The summed E-state index contributed by atoms with van der Waals surface area (Å²) < 4.78 is 18.4. The largest absolute Gasteiger partial charge is 0.495 e. The van der Waals surface area contributed by atoms with Crippen molar-refractivity contribution < 1.29 is 13.9 Å². The van der Waals surface area contributed by atoms with Crippen molar-refractivity contribution in [3.05, 3.63) is 28.6 Å². The van der Waals surface area contributed by atoms with Gasteiger partial charge in [0.15, 0.2) is 0 Å².